The number of rotatable bonds is 4. The SMILES string of the molecule is CC(C)C[C@H](N)C(=O)Nc1cc(I)c(O)c(I)c1. The van der Waals surface area contributed by atoms with Crippen molar-refractivity contribution in [1.29, 1.82) is 0 Å². The predicted molar refractivity (Wildman–Crippen MR) is 89.6 cm³/mol. The summed E-state index contributed by atoms with van der Waals surface area (Å²) in [4.78, 5) is 11.9. The van der Waals surface area contributed by atoms with Gasteiger partial charge in [0.25, 0.3) is 0 Å². The number of hydrogen-bond donors (Lipinski definition) is 3. The van der Waals surface area contributed by atoms with E-state index in [0.717, 1.165) is 0 Å². The van der Waals surface area contributed by atoms with Crippen LogP contribution in [0.3, 0.4) is 0 Å². The number of phenolic OH excluding ortho intramolecular Hbond substituents is 1. The highest BCUT2D eigenvalue weighted by molar-refractivity contribution is 14.1. The van der Waals surface area contributed by atoms with Gasteiger partial charge in [-0.15, -0.1) is 0 Å². The van der Waals surface area contributed by atoms with Gasteiger partial charge in [0.1, 0.15) is 5.75 Å². The van der Waals surface area contributed by atoms with E-state index in [-0.39, 0.29) is 11.7 Å². The Hall–Kier alpha value is -0.0900. The summed E-state index contributed by atoms with van der Waals surface area (Å²) >= 11 is 4.04. The maximum atomic E-state index is 11.9. The zero-order valence-electron chi connectivity index (χ0n) is 10.2. The van der Waals surface area contributed by atoms with Crippen LogP contribution in [0.2, 0.25) is 0 Å². The third kappa shape index (κ3) is 4.54. The summed E-state index contributed by atoms with van der Waals surface area (Å²) in [6.45, 7) is 4.05. The zero-order valence-corrected chi connectivity index (χ0v) is 14.5. The van der Waals surface area contributed by atoms with Crippen LogP contribution in [0.15, 0.2) is 12.1 Å². The van der Waals surface area contributed by atoms with Crippen LogP contribution in [0.4, 0.5) is 5.69 Å². The monoisotopic (exact) mass is 474 g/mol. The summed E-state index contributed by atoms with van der Waals surface area (Å²) in [6, 6.07) is 2.94. The molecule has 18 heavy (non-hydrogen) atoms. The highest BCUT2D eigenvalue weighted by atomic mass is 127. The summed E-state index contributed by atoms with van der Waals surface area (Å²) in [6.07, 6.45) is 0.651. The molecule has 0 aliphatic carbocycles. The maximum Gasteiger partial charge on any atom is 0.241 e. The van der Waals surface area contributed by atoms with Gasteiger partial charge in [-0.05, 0) is 69.7 Å². The van der Waals surface area contributed by atoms with E-state index in [9.17, 15) is 9.90 Å². The second-order valence-electron chi connectivity index (χ2n) is 4.51. The molecule has 0 fully saturated rings. The Morgan fingerprint density at radius 1 is 1.39 bits per heavy atom. The molecule has 4 N–H and O–H groups in total. The molecule has 6 heteroatoms. The van der Waals surface area contributed by atoms with E-state index in [0.29, 0.717) is 25.2 Å². The molecule has 0 unspecified atom stereocenters. The quantitative estimate of drug-likeness (QED) is 0.465. The number of aromatic hydroxyl groups is 1. The summed E-state index contributed by atoms with van der Waals surface area (Å²) in [5.41, 5.74) is 6.46. The van der Waals surface area contributed by atoms with Gasteiger partial charge in [-0.25, -0.2) is 0 Å². The van der Waals surface area contributed by atoms with E-state index in [1.165, 1.54) is 0 Å². The van der Waals surface area contributed by atoms with Crippen LogP contribution >= 0.6 is 45.2 Å². The molecule has 4 nitrogen and oxygen atoms in total. The van der Waals surface area contributed by atoms with Crippen LogP contribution < -0.4 is 11.1 Å². The third-order valence-corrected chi connectivity index (χ3v) is 3.99. The van der Waals surface area contributed by atoms with Gasteiger partial charge in [0.15, 0.2) is 0 Å². The van der Waals surface area contributed by atoms with Gasteiger partial charge in [0.2, 0.25) is 5.91 Å². The molecule has 0 saturated carbocycles. The lowest BCUT2D eigenvalue weighted by molar-refractivity contribution is -0.117. The lowest BCUT2D eigenvalue weighted by Crippen LogP contribution is -2.36. The molecule has 1 rings (SSSR count). The van der Waals surface area contributed by atoms with Crippen molar-refractivity contribution >= 4 is 56.8 Å². The molecule has 0 saturated heterocycles. The molecule has 1 aromatic carbocycles. The van der Waals surface area contributed by atoms with Crippen molar-refractivity contribution in [2.75, 3.05) is 5.32 Å². The first-order valence-corrected chi connectivity index (χ1v) is 7.71. The molecular weight excluding hydrogens is 458 g/mol. The second kappa shape index (κ2) is 6.90. The van der Waals surface area contributed by atoms with Gasteiger partial charge in [-0.3, -0.25) is 4.79 Å². The Bertz CT molecular complexity index is 427. The van der Waals surface area contributed by atoms with Crippen molar-refractivity contribution in [3.8, 4) is 5.75 Å². The lowest BCUT2D eigenvalue weighted by atomic mass is 10.0. The number of halogens is 2. The van der Waals surface area contributed by atoms with E-state index >= 15 is 0 Å². The number of amides is 1. The standard InChI is InChI=1S/C12H16I2N2O2/c1-6(2)3-10(15)12(18)16-7-4-8(13)11(17)9(14)5-7/h4-6,10,17H,3,15H2,1-2H3,(H,16,18)/t10-/m0/s1. The van der Waals surface area contributed by atoms with Gasteiger partial charge in [-0.1, -0.05) is 13.8 Å². The molecule has 0 radical (unpaired) electrons. The molecule has 100 valence electrons. The number of nitrogens with two attached hydrogens (primary N) is 1. The Labute approximate surface area is 134 Å². The normalized spacial score (nSPS) is 12.6. The van der Waals surface area contributed by atoms with Gasteiger partial charge >= 0.3 is 0 Å². The molecule has 1 atom stereocenters. The molecule has 0 aromatic heterocycles. The van der Waals surface area contributed by atoms with Crippen molar-refractivity contribution in [1.82, 2.24) is 0 Å². The molecule has 0 heterocycles. The molecule has 0 aliphatic rings. The fourth-order valence-electron chi connectivity index (χ4n) is 1.49. The number of carbonyl (C=O) groups excluding carboxylic acids is 1. The summed E-state index contributed by atoms with van der Waals surface area (Å²) < 4.78 is 1.40. The van der Waals surface area contributed by atoms with Crippen LogP contribution in [-0.2, 0) is 4.79 Å². The van der Waals surface area contributed by atoms with Crippen molar-refractivity contribution < 1.29 is 9.90 Å². The van der Waals surface area contributed by atoms with E-state index < -0.39 is 6.04 Å². The Morgan fingerprint density at radius 2 is 1.89 bits per heavy atom. The number of benzene rings is 1. The highest BCUT2D eigenvalue weighted by Gasteiger charge is 2.16. The van der Waals surface area contributed by atoms with Crippen molar-refractivity contribution in [2.24, 2.45) is 11.7 Å². The summed E-state index contributed by atoms with van der Waals surface area (Å²) in [7, 11) is 0. The molecular formula is C12H16I2N2O2. The Morgan fingerprint density at radius 3 is 2.33 bits per heavy atom. The maximum absolute atomic E-state index is 11.9. The highest BCUT2D eigenvalue weighted by Crippen LogP contribution is 2.29. The average molecular weight is 474 g/mol. The molecule has 1 amide bonds. The lowest BCUT2D eigenvalue weighted by Gasteiger charge is -2.14. The Balaban J connectivity index is 2.76. The van der Waals surface area contributed by atoms with E-state index in [1.807, 2.05) is 59.0 Å². The number of hydrogen-bond acceptors (Lipinski definition) is 3. The number of nitrogens with one attached hydrogen (secondary N) is 1. The minimum absolute atomic E-state index is 0.194. The molecule has 0 spiro atoms. The Kier molecular flexibility index (Phi) is 6.12. The van der Waals surface area contributed by atoms with Crippen molar-refractivity contribution in [3.05, 3.63) is 19.3 Å². The fraction of sp³-hybridized carbons (Fsp3) is 0.417. The first-order chi connectivity index (χ1) is 8.31. The minimum atomic E-state index is -0.505. The molecule has 0 bridgehead atoms. The van der Waals surface area contributed by atoms with Crippen LogP contribution in [0.1, 0.15) is 20.3 Å². The summed E-state index contributed by atoms with van der Waals surface area (Å²) in [5, 5.41) is 12.4. The van der Waals surface area contributed by atoms with Crippen molar-refractivity contribution in [3.63, 3.8) is 0 Å². The number of anilines is 1. The molecule has 1 aromatic rings. The van der Waals surface area contributed by atoms with Gasteiger partial charge in [0.05, 0.1) is 13.2 Å². The first kappa shape index (κ1) is 16.0. The van der Waals surface area contributed by atoms with E-state index in [1.54, 1.807) is 12.1 Å². The van der Waals surface area contributed by atoms with Gasteiger partial charge in [0, 0.05) is 5.69 Å². The van der Waals surface area contributed by atoms with Crippen LogP contribution in [0.25, 0.3) is 0 Å². The summed E-state index contributed by atoms with van der Waals surface area (Å²) in [5.74, 6) is 0.424. The molecule has 0 aliphatic heterocycles. The smallest absolute Gasteiger partial charge is 0.241 e. The minimum Gasteiger partial charge on any atom is -0.506 e. The van der Waals surface area contributed by atoms with Crippen LogP contribution in [0.5, 0.6) is 5.75 Å². The predicted octanol–water partition coefficient (Wildman–Crippen LogP) is 2.91. The first-order valence-electron chi connectivity index (χ1n) is 5.55. The van der Waals surface area contributed by atoms with E-state index in [2.05, 4.69) is 5.32 Å². The van der Waals surface area contributed by atoms with Crippen LogP contribution in [-0.4, -0.2) is 17.1 Å². The largest absolute Gasteiger partial charge is 0.506 e. The van der Waals surface area contributed by atoms with E-state index in [4.69, 9.17) is 5.73 Å². The van der Waals surface area contributed by atoms with Gasteiger partial charge < -0.3 is 16.2 Å². The van der Waals surface area contributed by atoms with Gasteiger partial charge in [-0.2, -0.15) is 0 Å². The van der Waals surface area contributed by atoms with Crippen molar-refractivity contribution in [2.45, 2.75) is 26.3 Å². The number of phenols is 1. The zero-order chi connectivity index (χ0) is 13.9. The average Bonchev–Trinajstić information content (AvgIpc) is 2.24. The topological polar surface area (TPSA) is 75.4 Å². The van der Waals surface area contributed by atoms with Crippen LogP contribution in [0, 0.1) is 13.1 Å². The third-order valence-electron chi connectivity index (χ3n) is 2.35. The number of carbonyl (C=O) groups is 1. The second-order valence-corrected chi connectivity index (χ2v) is 6.84. The fourth-order valence-corrected chi connectivity index (χ4v) is 3.26.